The van der Waals surface area contributed by atoms with Crippen LogP contribution in [0.1, 0.15) is 44.6 Å². The van der Waals surface area contributed by atoms with E-state index in [0.717, 1.165) is 17.6 Å². The topological polar surface area (TPSA) is 37.4 Å². The average Bonchev–Trinajstić information content (AvgIpc) is 2.57. The van der Waals surface area contributed by atoms with Crippen LogP contribution in [0.2, 0.25) is 19.6 Å². The molecule has 0 aliphatic heterocycles. The lowest BCUT2D eigenvalue weighted by molar-refractivity contribution is 0.494. The molecule has 0 unspecified atom stereocenters. The van der Waals surface area contributed by atoms with Gasteiger partial charge in [-0.2, -0.15) is 4.31 Å². The lowest BCUT2D eigenvalue weighted by Gasteiger charge is -2.26. The summed E-state index contributed by atoms with van der Waals surface area (Å²) in [6, 6.07) is 7.01. The van der Waals surface area contributed by atoms with Crippen molar-refractivity contribution in [3.05, 3.63) is 53.3 Å². The molecule has 0 aliphatic carbocycles. The molecule has 0 N–H and O–H groups in total. The van der Waals surface area contributed by atoms with Crippen LogP contribution in [-0.2, 0) is 10.0 Å². The van der Waals surface area contributed by atoms with Crippen LogP contribution >= 0.6 is 0 Å². The van der Waals surface area contributed by atoms with Gasteiger partial charge in [0.1, 0.15) is 0 Å². The van der Waals surface area contributed by atoms with Gasteiger partial charge in [0, 0.05) is 13.6 Å². The van der Waals surface area contributed by atoms with Gasteiger partial charge < -0.3 is 0 Å². The van der Waals surface area contributed by atoms with Crippen LogP contribution in [0.5, 0.6) is 0 Å². The number of likely N-dealkylation sites (N-methyl/N-ethyl adjacent to an activating group) is 1. The number of unbranched alkanes of at least 4 members (excludes halogenated alkanes) is 4. The molecule has 0 saturated carbocycles. The van der Waals surface area contributed by atoms with E-state index in [4.69, 9.17) is 0 Å². The van der Waals surface area contributed by atoms with E-state index in [-0.39, 0.29) is 0 Å². The Bertz CT molecular complexity index is 744. The highest BCUT2D eigenvalue weighted by Gasteiger charge is 2.26. The third kappa shape index (κ3) is 7.39. The standard InChI is InChI=1S/C22H37NO2SSi/c1-8-9-10-11-12-13-22(27(5,6)7)20(3)18-23(4)26(24,25)21-16-14-19(2)15-17-21/h13-17H,3,8-12,18H2,1-2,4-7H3/b22-13-. The van der Waals surface area contributed by atoms with Crippen LogP contribution in [0.3, 0.4) is 0 Å². The largest absolute Gasteiger partial charge is 0.243 e. The molecule has 1 rings (SSSR count). The van der Waals surface area contributed by atoms with Crippen LogP contribution < -0.4 is 0 Å². The Kier molecular flexibility index (Phi) is 9.19. The number of hydrogen-bond donors (Lipinski definition) is 0. The van der Waals surface area contributed by atoms with Crippen molar-refractivity contribution in [2.45, 2.75) is 70.5 Å². The molecule has 152 valence electrons. The van der Waals surface area contributed by atoms with Gasteiger partial charge >= 0.3 is 0 Å². The molecule has 1 aromatic rings. The molecule has 0 fully saturated rings. The van der Waals surface area contributed by atoms with Crippen LogP contribution in [0.4, 0.5) is 0 Å². The first-order valence-corrected chi connectivity index (χ1v) is 14.9. The molecule has 0 heterocycles. The van der Waals surface area contributed by atoms with E-state index in [9.17, 15) is 8.42 Å². The second-order valence-electron chi connectivity index (χ2n) is 8.39. The van der Waals surface area contributed by atoms with E-state index in [1.807, 2.05) is 19.1 Å². The Morgan fingerprint density at radius 2 is 1.70 bits per heavy atom. The monoisotopic (exact) mass is 407 g/mol. The smallest absolute Gasteiger partial charge is 0.207 e. The molecular formula is C22H37NO2SSi. The van der Waals surface area contributed by atoms with Gasteiger partial charge in [0.25, 0.3) is 0 Å². The normalized spacial score (nSPS) is 13.2. The third-order valence-electron chi connectivity index (χ3n) is 4.74. The average molecular weight is 408 g/mol. The summed E-state index contributed by atoms with van der Waals surface area (Å²) in [7, 11) is -3.45. The maximum atomic E-state index is 12.9. The number of allylic oxidation sites excluding steroid dienone is 1. The van der Waals surface area contributed by atoms with Crippen molar-refractivity contribution < 1.29 is 8.42 Å². The highest BCUT2D eigenvalue weighted by Crippen LogP contribution is 2.25. The first-order chi connectivity index (χ1) is 12.5. The van der Waals surface area contributed by atoms with Gasteiger partial charge in [0.05, 0.1) is 13.0 Å². The Hall–Kier alpha value is -1.17. The van der Waals surface area contributed by atoms with E-state index in [0.29, 0.717) is 11.4 Å². The Morgan fingerprint density at radius 3 is 2.22 bits per heavy atom. The zero-order chi connectivity index (χ0) is 20.7. The molecule has 0 amide bonds. The summed E-state index contributed by atoms with van der Waals surface area (Å²) in [5.74, 6) is 0. The Labute approximate surface area is 168 Å². The number of benzene rings is 1. The maximum Gasteiger partial charge on any atom is 0.243 e. The van der Waals surface area contributed by atoms with Gasteiger partial charge in [-0.15, -0.1) is 0 Å². The van der Waals surface area contributed by atoms with Crippen LogP contribution in [0, 0.1) is 6.92 Å². The zero-order valence-corrected chi connectivity index (χ0v) is 19.8. The predicted octanol–water partition coefficient (Wildman–Crippen LogP) is 5.95. The molecule has 27 heavy (non-hydrogen) atoms. The van der Waals surface area contributed by atoms with Crippen molar-refractivity contribution in [1.82, 2.24) is 4.31 Å². The van der Waals surface area contributed by atoms with Crippen LogP contribution in [0.15, 0.2) is 52.6 Å². The van der Waals surface area contributed by atoms with Crippen LogP contribution in [0.25, 0.3) is 0 Å². The lowest BCUT2D eigenvalue weighted by atomic mass is 10.1. The summed E-state index contributed by atoms with van der Waals surface area (Å²) in [5, 5.41) is 1.30. The second kappa shape index (κ2) is 10.4. The number of sulfonamides is 1. The van der Waals surface area contributed by atoms with Gasteiger partial charge in [-0.05, 0) is 37.5 Å². The van der Waals surface area contributed by atoms with Gasteiger partial charge in [0.2, 0.25) is 10.0 Å². The fraction of sp³-hybridized carbons (Fsp3) is 0.545. The third-order valence-corrected chi connectivity index (χ3v) is 8.73. The van der Waals surface area contributed by atoms with Crippen molar-refractivity contribution in [1.29, 1.82) is 0 Å². The van der Waals surface area contributed by atoms with Crippen molar-refractivity contribution in [3.8, 4) is 0 Å². The molecule has 1 aromatic carbocycles. The number of rotatable bonds is 11. The molecule has 3 nitrogen and oxygen atoms in total. The van der Waals surface area contributed by atoms with Gasteiger partial charge in [-0.1, -0.05) is 81.4 Å². The number of hydrogen-bond acceptors (Lipinski definition) is 2. The predicted molar refractivity (Wildman–Crippen MR) is 120 cm³/mol. The SMILES string of the molecule is C=C(CN(C)S(=O)(=O)c1ccc(C)cc1)/C(=C/CCCCCC)[Si](C)(C)C. The molecule has 0 radical (unpaired) electrons. The van der Waals surface area contributed by atoms with E-state index >= 15 is 0 Å². The maximum absolute atomic E-state index is 12.9. The van der Waals surface area contributed by atoms with E-state index in [1.54, 1.807) is 19.2 Å². The molecule has 5 heteroatoms. The minimum Gasteiger partial charge on any atom is -0.207 e. The van der Waals surface area contributed by atoms with Gasteiger partial charge in [0.15, 0.2) is 0 Å². The molecule has 0 aromatic heterocycles. The van der Waals surface area contributed by atoms with Crippen molar-refractivity contribution in [3.63, 3.8) is 0 Å². The summed E-state index contributed by atoms with van der Waals surface area (Å²) in [5.41, 5.74) is 1.98. The molecule has 0 aliphatic rings. The fourth-order valence-electron chi connectivity index (χ4n) is 3.13. The van der Waals surface area contributed by atoms with Crippen LogP contribution in [-0.4, -0.2) is 34.4 Å². The minimum atomic E-state index is -3.50. The summed E-state index contributed by atoms with van der Waals surface area (Å²) >= 11 is 0. The molecular weight excluding hydrogens is 370 g/mol. The molecule has 0 saturated heterocycles. The van der Waals surface area contributed by atoms with Crippen molar-refractivity contribution in [2.24, 2.45) is 0 Å². The summed E-state index contributed by atoms with van der Waals surface area (Å²) in [6.07, 6.45) is 8.31. The first kappa shape index (κ1) is 23.9. The fourth-order valence-corrected chi connectivity index (χ4v) is 6.19. The van der Waals surface area contributed by atoms with E-state index in [2.05, 4.69) is 39.2 Å². The van der Waals surface area contributed by atoms with Crippen molar-refractivity contribution in [2.75, 3.05) is 13.6 Å². The van der Waals surface area contributed by atoms with Crippen molar-refractivity contribution >= 4 is 18.1 Å². The molecule has 0 atom stereocenters. The summed E-state index contributed by atoms with van der Waals surface area (Å²) in [6.45, 7) is 15.7. The summed E-state index contributed by atoms with van der Waals surface area (Å²) in [4.78, 5) is 0.335. The Balaban J connectivity index is 2.90. The highest BCUT2D eigenvalue weighted by atomic mass is 32.2. The quantitative estimate of drug-likeness (QED) is 0.258. The Morgan fingerprint density at radius 1 is 1.11 bits per heavy atom. The van der Waals surface area contributed by atoms with Gasteiger partial charge in [-0.3, -0.25) is 0 Å². The summed E-state index contributed by atoms with van der Waals surface area (Å²) < 4.78 is 27.1. The van der Waals surface area contributed by atoms with Gasteiger partial charge in [-0.25, -0.2) is 8.42 Å². The second-order valence-corrected chi connectivity index (χ2v) is 15.5. The lowest BCUT2D eigenvalue weighted by Crippen LogP contribution is -2.33. The molecule has 0 bridgehead atoms. The highest BCUT2D eigenvalue weighted by molar-refractivity contribution is 7.89. The molecule has 0 spiro atoms. The van der Waals surface area contributed by atoms with E-state index < -0.39 is 18.1 Å². The zero-order valence-electron chi connectivity index (χ0n) is 18.0. The number of aryl methyl sites for hydroxylation is 1. The van der Waals surface area contributed by atoms with E-state index in [1.165, 1.54) is 35.2 Å². The first-order valence-electron chi connectivity index (χ1n) is 9.92. The number of nitrogens with zero attached hydrogens (tertiary/aromatic N) is 1. The minimum absolute atomic E-state index is 0.335.